The zero-order valence-electron chi connectivity index (χ0n) is 19.8. The van der Waals surface area contributed by atoms with Crippen molar-refractivity contribution < 1.29 is 45.7 Å². The molecule has 0 saturated heterocycles. The Morgan fingerprint density at radius 3 is 2.36 bits per heavy atom. The van der Waals surface area contributed by atoms with E-state index in [4.69, 9.17) is 9.47 Å². The van der Waals surface area contributed by atoms with E-state index in [0.29, 0.717) is 23.5 Å². The lowest BCUT2D eigenvalue weighted by atomic mass is 9.77. The molecule has 0 fully saturated rings. The van der Waals surface area contributed by atoms with Gasteiger partial charge >= 0.3 is 18.3 Å². The summed E-state index contributed by atoms with van der Waals surface area (Å²) in [6.07, 6.45) is -8.80. The second-order valence-electron chi connectivity index (χ2n) is 8.21. The fourth-order valence-corrected chi connectivity index (χ4v) is 3.47. The first kappa shape index (κ1) is 29.0. The first-order valence-electron chi connectivity index (χ1n) is 11.0. The fourth-order valence-electron chi connectivity index (χ4n) is 3.47. The number of allylic oxidation sites excluding steroid dienone is 5. The molecule has 10 heteroatoms. The Bertz CT molecular complexity index is 1070. The number of aliphatic carboxylic acids is 1. The zero-order chi connectivity index (χ0) is 27.1. The average molecular weight is 516 g/mol. The predicted octanol–water partition coefficient (Wildman–Crippen LogP) is 6.61. The average Bonchev–Trinajstić information content (AvgIpc) is 2.80. The minimum absolute atomic E-state index is 0.0470. The van der Waals surface area contributed by atoms with Crippen molar-refractivity contribution in [3.63, 3.8) is 0 Å². The molecule has 4 nitrogen and oxygen atoms in total. The highest BCUT2D eigenvalue weighted by atomic mass is 19.4. The summed E-state index contributed by atoms with van der Waals surface area (Å²) in [5, 5.41) is 9.31. The Labute approximate surface area is 205 Å². The molecular weight excluding hydrogens is 490 g/mol. The predicted molar refractivity (Wildman–Crippen MR) is 121 cm³/mol. The molecular formula is C26H26F6O4. The summed E-state index contributed by atoms with van der Waals surface area (Å²) in [7, 11) is 0. The third-order valence-corrected chi connectivity index (χ3v) is 5.59. The summed E-state index contributed by atoms with van der Waals surface area (Å²) in [4.78, 5) is 11.4. The van der Waals surface area contributed by atoms with Crippen LogP contribution >= 0.6 is 0 Å². The number of alkyl halides is 6. The van der Waals surface area contributed by atoms with E-state index in [9.17, 15) is 36.2 Å². The van der Waals surface area contributed by atoms with Gasteiger partial charge in [-0.3, -0.25) is 0 Å². The number of carbonyl (C=O) groups is 1. The second kappa shape index (κ2) is 11.7. The van der Waals surface area contributed by atoms with Gasteiger partial charge in [-0.1, -0.05) is 49.1 Å². The van der Waals surface area contributed by atoms with E-state index in [1.807, 2.05) is 5.92 Å². The molecule has 1 aromatic rings. The summed E-state index contributed by atoms with van der Waals surface area (Å²) in [5.74, 6) is 3.23. The van der Waals surface area contributed by atoms with E-state index >= 15 is 0 Å². The number of rotatable bonds is 8. The quantitative estimate of drug-likeness (QED) is 0.312. The van der Waals surface area contributed by atoms with Gasteiger partial charge in [0.25, 0.3) is 0 Å². The molecule has 2 unspecified atom stereocenters. The summed E-state index contributed by atoms with van der Waals surface area (Å²) < 4.78 is 90.8. The van der Waals surface area contributed by atoms with E-state index in [-0.39, 0.29) is 18.8 Å². The summed E-state index contributed by atoms with van der Waals surface area (Å²) in [6, 6.07) is 6.59. The van der Waals surface area contributed by atoms with Crippen molar-refractivity contribution >= 4 is 5.97 Å². The van der Waals surface area contributed by atoms with Gasteiger partial charge in [-0.25, -0.2) is 4.79 Å². The molecule has 0 amide bonds. The Kier molecular flexibility index (Phi) is 9.44. The molecule has 196 valence electrons. The maximum atomic E-state index is 13.7. The zero-order valence-corrected chi connectivity index (χ0v) is 19.8. The van der Waals surface area contributed by atoms with Gasteiger partial charge < -0.3 is 14.6 Å². The van der Waals surface area contributed by atoms with Crippen molar-refractivity contribution in [1.82, 2.24) is 0 Å². The third kappa shape index (κ3) is 7.40. The van der Waals surface area contributed by atoms with E-state index < -0.39 is 47.8 Å². The SMILES string of the molecule is CCO[C@H](C(=O)O)C(C)c1ccc(OC/C=C(/C)C#CC2(C(F)(F)F)C=CC=C(C(F)(F)F)C2)cc1. The fraction of sp³-hybridized carbons (Fsp3) is 0.423. The van der Waals surface area contributed by atoms with Crippen molar-refractivity contribution in [2.75, 3.05) is 13.2 Å². The van der Waals surface area contributed by atoms with Crippen molar-refractivity contribution in [3.05, 3.63) is 65.3 Å². The molecule has 0 radical (unpaired) electrons. The van der Waals surface area contributed by atoms with Crippen molar-refractivity contribution in [1.29, 1.82) is 0 Å². The number of hydrogen-bond acceptors (Lipinski definition) is 3. The molecule has 3 atom stereocenters. The van der Waals surface area contributed by atoms with Crippen LogP contribution in [0.3, 0.4) is 0 Å². The molecule has 0 aromatic heterocycles. The Morgan fingerprint density at radius 2 is 1.83 bits per heavy atom. The number of halogens is 6. The first-order valence-corrected chi connectivity index (χ1v) is 11.0. The molecule has 0 heterocycles. The van der Waals surface area contributed by atoms with Crippen molar-refractivity contribution in [2.24, 2.45) is 5.41 Å². The van der Waals surface area contributed by atoms with E-state index in [1.54, 1.807) is 38.1 Å². The topological polar surface area (TPSA) is 55.8 Å². The molecule has 1 N–H and O–H groups in total. The van der Waals surface area contributed by atoms with Crippen LogP contribution in [0.1, 0.15) is 38.7 Å². The minimum atomic E-state index is -5.00. The number of carboxylic acids is 1. The normalized spacial score (nSPS) is 20.1. The van der Waals surface area contributed by atoms with Gasteiger partial charge in [-0.15, -0.1) is 0 Å². The van der Waals surface area contributed by atoms with Gasteiger partial charge in [0.1, 0.15) is 17.8 Å². The molecule has 1 aliphatic rings. The summed E-state index contributed by atoms with van der Waals surface area (Å²) in [6.45, 7) is 5.05. The van der Waals surface area contributed by atoms with E-state index in [2.05, 4.69) is 5.92 Å². The van der Waals surface area contributed by atoms with Crippen LogP contribution in [-0.4, -0.2) is 42.7 Å². The lowest BCUT2D eigenvalue weighted by Crippen LogP contribution is -2.38. The number of hydrogen-bond donors (Lipinski definition) is 1. The Balaban J connectivity index is 2.08. The monoisotopic (exact) mass is 516 g/mol. The van der Waals surface area contributed by atoms with Gasteiger partial charge in [0.05, 0.1) is 0 Å². The van der Waals surface area contributed by atoms with Crippen LogP contribution in [0.5, 0.6) is 5.75 Å². The van der Waals surface area contributed by atoms with Crippen LogP contribution in [0.15, 0.2) is 59.7 Å². The van der Waals surface area contributed by atoms with Crippen LogP contribution in [-0.2, 0) is 9.53 Å². The Morgan fingerprint density at radius 1 is 1.19 bits per heavy atom. The van der Waals surface area contributed by atoms with Crippen LogP contribution in [0.2, 0.25) is 0 Å². The largest absolute Gasteiger partial charge is 0.490 e. The summed E-state index contributed by atoms with van der Waals surface area (Å²) >= 11 is 0. The minimum Gasteiger partial charge on any atom is -0.490 e. The first-order chi connectivity index (χ1) is 16.7. The van der Waals surface area contributed by atoms with Crippen molar-refractivity contribution in [2.45, 2.75) is 51.6 Å². The highest BCUT2D eigenvalue weighted by Crippen LogP contribution is 2.48. The van der Waals surface area contributed by atoms with Gasteiger partial charge in [0.15, 0.2) is 6.10 Å². The Hall–Kier alpha value is -3.19. The molecule has 0 spiro atoms. The summed E-state index contributed by atoms with van der Waals surface area (Å²) in [5.41, 5.74) is -3.33. The molecule has 0 aliphatic heterocycles. The van der Waals surface area contributed by atoms with Crippen LogP contribution < -0.4 is 4.74 Å². The molecule has 1 aromatic carbocycles. The molecule has 36 heavy (non-hydrogen) atoms. The smallest absolute Gasteiger partial charge is 0.412 e. The van der Waals surface area contributed by atoms with Crippen molar-refractivity contribution in [3.8, 4) is 17.6 Å². The molecule has 1 aliphatic carbocycles. The van der Waals surface area contributed by atoms with Gasteiger partial charge in [-0.2, -0.15) is 26.3 Å². The highest BCUT2D eigenvalue weighted by Gasteiger charge is 2.55. The second-order valence-corrected chi connectivity index (χ2v) is 8.21. The highest BCUT2D eigenvalue weighted by molar-refractivity contribution is 5.73. The maximum absolute atomic E-state index is 13.7. The van der Waals surface area contributed by atoms with Crippen LogP contribution in [0, 0.1) is 17.3 Å². The van der Waals surface area contributed by atoms with Gasteiger partial charge in [0, 0.05) is 24.5 Å². The number of carboxylic acid groups (broad SMARTS) is 1. The molecule has 0 bridgehead atoms. The lowest BCUT2D eigenvalue weighted by molar-refractivity contribution is -0.190. The number of benzene rings is 1. The van der Waals surface area contributed by atoms with Crippen LogP contribution in [0.25, 0.3) is 0 Å². The standard InChI is InChI=1S/C26H26F6O4/c1-4-35-22(23(33)34)18(3)19-7-9-21(10-8-19)36-15-12-17(2)11-14-24(26(30,31)32)13-5-6-20(16-24)25(27,28)29/h5-10,12-13,18,22H,4,15-16H2,1-3H3,(H,33,34)/b17-12-/t18?,22-,24?/m0/s1. The number of ether oxygens (including phenoxy) is 2. The van der Waals surface area contributed by atoms with Crippen LogP contribution in [0.4, 0.5) is 26.3 Å². The lowest BCUT2D eigenvalue weighted by Gasteiger charge is -2.31. The molecule has 2 rings (SSSR count). The third-order valence-electron chi connectivity index (χ3n) is 5.59. The van der Waals surface area contributed by atoms with Gasteiger partial charge in [-0.05, 0) is 43.2 Å². The molecule has 0 saturated carbocycles. The van der Waals surface area contributed by atoms with E-state index in [1.165, 1.54) is 13.0 Å². The van der Waals surface area contributed by atoms with E-state index in [0.717, 1.165) is 6.08 Å². The maximum Gasteiger partial charge on any atom is 0.412 e. The van der Waals surface area contributed by atoms with Gasteiger partial charge in [0.2, 0.25) is 0 Å².